The molecule has 0 aliphatic carbocycles. The van der Waals surface area contributed by atoms with Gasteiger partial charge in [-0.15, -0.1) is 5.11 Å². The molecule has 13 heavy (non-hydrogen) atoms. The highest BCUT2D eigenvalue weighted by atomic mass is 19.1. The Morgan fingerprint density at radius 1 is 1.38 bits per heavy atom. The van der Waals surface area contributed by atoms with Crippen molar-refractivity contribution in [1.82, 2.24) is 4.98 Å². The molecule has 0 aliphatic rings. The van der Waals surface area contributed by atoms with Gasteiger partial charge in [-0.2, -0.15) is 0 Å². The van der Waals surface area contributed by atoms with Crippen molar-refractivity contribution in [2.75, 3.05) is 0 Å². The van der Waals surface area contributed by atoms with E-state index in [0.717, 1.165) is 5.39 Å². The fraction of sp³-hybridized carbons (Fsp3) is 0. The average molecular weight is 178 g/mol. The molecule has 0 amide bonds. The number of aromatic nitrogens is 1. The number of nitrogens with two attached hydrogens (primary N) is 1. The first-order valence-electron chi connectivity index (χ1n) is 3.69. The molecule has 1 aromatic heterocycles. The van der Waals surface area contributed by atoms with Gasteiger partial charge in [0.1, 0.15) is 11.5 Å². The molecule has 5 heteroatoms. The summed E-state index contributed by atoms with van der Waals surface area (Å²) < 4.78 is 12.7. The van der Waals surface area contributed by atoms with E-state index < -0.39 is 0 Å². The van der Waals surface area contributed by atoms with Crippen LogP contribution in [-0.2, 0) is 0 Å². The highest BCUT2D eigenvalue weighted by Gasteiger charge is 2.02. The number of fused-ring (bicyclic) bond motifs is 1. The first-order chi connectivity index (χ1) is 6.31. The Balaban J connectivity index is 2.68. The SMILES string of the molecule is NN=Nc1c[nH]c2cc(F)ccc12. The van der Waals surface area contributed by atoms with Gasteiger partial charge in [0.15, 0.2) is 0 Å². The lowest BCUT2D eigenvalue weighted by molar-refractivity contribution is 0.629. The van der Waals surface area contributed by atoms with Crippen molar-refractivity contribution in [3.63, 3.8) is 0 Å². The number of nitrogens with one attached hydrogen (secondary N) is 1. The summed E-state index contributed by atoms with van der Waals surface area (Å²) in [6.07, 6.45) is 1.63. The Kier molecular flexibility index (Phi) is 1.70. The van der Waals surface area contributed by atoms with E-state index in [1.165, 1.54) is 12.1 Å². The van der Waals surface area contributed by atoms with Gasteiger partial charge in [-0.05, 0) is 18.2 Å². The monoisotopic (exact) mass is 178 g/mol. The van der Waals surface area contributed by atoms with Crippen LogP contribution in [-0.4, -0.2) is 4.98 Å². The number of aromatic amines is 1. The van der Waals surface area contributed by atoms with Crippen LogP contribution in [0.25, 0.3) is 10.9 Å². The Bertz CT molecular complexity index is 460. The van der Waals surface area contributed by atoms with Crippen LogP contribution >= 0.6 is 0 Å². The molecule has 0 unspecified atom stereocenters. The Morgan fingerprint density at radius 3 is 3.00 bits per heavy atom. The van der Waals surface area contributed by atoms with Gasteiger partial charge in [-0.3, -0.25) is 0 Å². The second-order valence-corrected chi connectivity index (χ2v) is 2.58. The first-order valence-corrected chi connectivity index (χ1v) is 3.69. The van der Waals surface area contributed by atoms with Crippen LogP contribution in [0.5, 0.6) is 0 Å². The maximum Gasteiger partial charge on any atom is 0.125 e. The molecule has 0 radical (unpaired) electrons. The third-order valence-electron chi connectivity index (χ3n) is 1.79. The number of benzene rings is 1. The van der Waals surface area contributed by atoms with E-state index in [2.05, 4.69) is 15.3 Å². The van der Waals surface area contributed by atoms with Crippen molar-refractivity contribution < 1.29 is 4.39 Å². The standard InChI is InChI=1S/C8H7FN4/c9-5-1-2-6-7(3-5)11-4-8(6)12-13-10/h1-4,11H,(H2,10,12). The van der Waals surface area contributed by atoms with Crippen molar-refractivity contribution in [2.24, 2.45) is 16.2 Å². The van der Waals surface area contributed by atoms with Gasteiger partial charge < -0.3 is 10.8 Å². The highest BCUT2D eigenvalue weighted by Crippen LogP contribution is 2.25. The summed E-state index contributed by atoms with van der Waals surface area (Å²) in [5.74, 6) is 4.62. The molecule has 1 aromatic carbocycles. The molecular formula is C8H7FN4. The normalized spacial score (nSPS) is 11.5. The lowest BCUT2D eigenvalue weighted by Crippen LogP contribution is -1.74. The molecule has 3 N–H and O–H groups in total. The van der Waals surface area contributed by atoms with Gasteiger partial charge in [-0.25, -0.2) is 4.39 Å². The highest BCUT2D eigenvalue weighted by molar-refractivity contribution is 5.90. The second-order valence-electron chi connectivity index (χ2n) is 2.58. The fourth-order valence-electron chi connectivity index (χ4n) is 1.23. The summed E-state index contributed by atoms with van der Waals surface area (Å²) in [6.45, 7) is 0. The molecule has 0 aliphatic heterocycles. The van der Waals surface area contributed by atoms with E-state index in [1.807, 2.05) is 0 Å². The largest absolute Gasteiger partial charge is 0.359 e. The molecule has 1 heterocycles. The van der Waals surface area contributed by atoms with Crippen molar-refractivity contribution in [3.05, 3.63) is 30.2 Å². The van der Waals surface area contributed by atoms with Crippen molar-refractivity contribution >= 4 is 16.6 Å². The Morgan fingerprint density at radius 2 is 2.23 bits per heavy atom. The van der Waals surface area contributed by atoms with Crippen LogP contribution < -0.4 is 5.84 Å². The van der Waals surface area contributed by atoms with Crippen LogP contribution in [0, 0.1) is 5.82 Å². The summed E-state index contributed by atoms with van der Waals surface area (Å²) in [6, 6.07) is 4.39. The van der Waals surface area contributed by atoms with Crippen molar-refractivity contribution in [2.45, 2.75) is 0 Å². The summed E-state index contributed by atoms with van der Waals surface area (Å²) in [4.78, 5) is 2.86. The number of H-pyrrole nitrogens is 1. The van der Waals surface area contributed by atoms with Gasteiger partial charge >= 0.3 is 0 Å². The molecule has 66 valence electrons. The molecule has 0 spiro atoms. The lowest BCUT2D eigenvalue weighted by atomic mass is 10.2. The van der Waals surface area contributed by atoms with E-state index in [4.69, 9.17) is 5.84 Å². The van der Waals surface area contributed by atoms with Gasteiger partial charge in [-0.1, -0.05) is 5.22 Å². The van der Waals surface area contributed by atoms with E-state index in [-0.39, 0.29) is 5.82 Å². The zero-order chi connectivity index (χ0) is 9.26. The third-order valence-corrected chi connectivity index (χ3v) is 1.79. The number of rotatable bonds is 1. The van der Waals surface area contributed by atoms with Gasteiger partial charge in [0.05, 0.1) is 5.52 Å². The fourth-order valence-corrected chi connectivity index (χ4v) is 1.23. The van der Waals surface area contributed by atoms with Crippen molar-refractivity contribution in [3.8, 4) is 0 Å². The molecular weight excluding hydrogens is 171 g/mol. The first kappa shape index (κ1) is 7.72. The van der Waals surface area contributed by atoms with Crippen LogP contribution in [0.3, 0.4) is 0 Å². The van der Waals surface area contributed by atoms with Crippen LogP contribution in [0.2, 0.25) is 0 Å². The van der Waals surface area contributed by atoms with E-state index in [1.54, 1.807) is 12.3 Å². The molecule has 0 saturated carbocycles. The van der Waals surface area contributed by atoms with Gasteiger partial charge in [0.25, 0.3) is 0 Å². The van der Waals surface area contributed by atoms with Crippen molar-refractivity contribution in [1.29, 1.82) is 0 Å². The Labute approximate surface area is 73.2 Å². The minimum absolute atomic E-state index is 0.286. The lowest BCUT2D eigenvalue weighted by Gasteiger charge is -1.90. The summed E-state index contributed by atoms with van der Waals surface area (Å²) in [5, 5.41) is 7.64. The zero-order valence-corrected chi connectivity index (χ0v) is 6.66. The topological polar surface area (TPSA) is 66.5 Å². The summed E-state index contributed by atoms with van der Waals surface area (Å²) >= 11 is 0. The molecule has 0 bridgehead atoms. The maximum atomic E-state index is 12.7. The molecule has 4 nitrogen and oxygen atoms in total. The summed E-state index contributed by atoms with van der Waals surface area (Å²) in [7, 11) is 0. The minimum Gasteiger partial charge on any atom is -0.359 e. The van der Waals surface area contributed by atoms with E-state index in [0.29, 0.717) is 11.2 Å². The predicted molar refractivity (Wildman–Crippen MR) is 47.0 cm³/mol. The van der Waals surface area contributed by atoms with Crippen LogP contribution in [0.4, 0.5) is 10.1 Å². The molecule has 0 fully saturated rings. The van der Waals surface area contributed by atoms with Gasteiger partial charge in [0.2, 0.25) is 0 Å². The number of nitrogens with zero attached hydrogens (tertiary/aromatic N) is 2. The number of hydrogen-bond donors (Lipinski definition) is 2. The van der Waals surface area contributed by atoms with Gasteiger partial charge in [0, 0.05) is 11.6 Å². The third kappa shape index (κ3) is 1.24. The maximum absolute atomic E-state index is 12.7. The summed E-state index contributed by atoms with van der Waals surface area (Å²) in [5.41, 5.74) is 1.29. The van der Waals surface area contributed by atoms with Crippen LogP contribution in [0.15, 0.2) is 34.7 Å². The molecule has 2 rings (SSSR count). The molecule has 0 saturated heterocycles. The second kappa shape index (κ2) is 2.85. The molecule has 0 atom stereocenters. The quantitative estimate of drug-likeness (QED) is 0.392. The van der Waals surface area contributed by atoms with E-state index >= 15 is 0 Å². The minimum atomic E-state index is -0.286. The molecule has 2 aromatic rings. The van der Waals surface area contributed by atoms with Crippen LogP contribution in [0.1, 0.15) is 0 Å². The predicted octanol–water partition coefficient (Wildman–Crippen LogP) is 2.26. The smallest absolute Gasteiger partial charge is 0.125 e. The van der Waals surface area contributed by atoms with E-state index in [9.17, 15) is 4.39 Å². The average Bonchev–Trinajstić information content (AvgIpc) is 2.49. The number of hydrogen-bond acceptors (Lipinski definition) is 2. The Hall–Kier alpha value is -1.91. The zero-order valence-electron chi connectivity index (χ0n) is 6.66. The number of halogens is 1.